The van der Waals surface area contributed by atoms with Crippen LogP contribution < -0.4 is 5.32 Å². The van der Waals surface area contributed by atoms with Crippen molar-refractivity contribution in [3.63, 3.8) is 0 Å². The molecule has 1 fully saturated rings. The van der Waals surface area contributed by atoms with Gasteiger partial charge in [0.05, 0.1) is 0 Å². The van der Waals surface area contributed by atoms with Gasteiger partial charge < -0.3 is 5.32 Å². The zero-order valence-corrected chi connectivity index (χ0v) is 14.4. The van der Waals surface area contributed by atoms with Crippen LogP contribution in [0.25, 0.3) is 0 Å². The van der Waals surface area contributed by atoms with Gasteiger partial charge in [0.15, 0.2) is 0 Å². The summed E-state index contributed by atoms with van der Waals surface area (Å²) in [6.07, 6.45) is 13.2. The van der Waals surface area contributed by atoms with Crippen LogP contribution in [0.2, 0.25) is 0 Å². The van der Waals surface area contributed by atoms with Crippen LogP contribution in [0.1, 0.15) is 79.1 Å². The topological polar surface area (TPSA) is 12.0 Å². The third-order valence-corrected chi connectivity index (χ3v) is 4.82. The lowest BCUT2D eigenvalue weighted by Gasteiger charge is -2.38. The summed E-state index contributed by atoms with van der Waals surface area (Å²) in [7, 11) is 0. The van der Waals surface area contributed by atoms with Crippen molar-refractivity contribution < 1.29 is 0 Å². The van der Waals surface area contributed by atoms with Crippen LogP contribution in [0.4, 0.5) is 0 Å². The number of unbranched alkanes of at least 4 members (excludes halogenated alkanes) is 1. The SMILES string of the molecule is C=CCCCC1CC(CCC)CCC1CNC(C)(C)C. The van der Waals surface area contributed by atoms with Crippen LogP contribution in [-0.4, -0.2) is 12.1 Å². The predicted octanol–water partition coefficient (Wildman–Crippen LogP) is 5.56. The Kier molecular flexibility index (Phi) is 7.87. The Morgan fingerprint density at radius 2 is 1.90 bits per heavy atom. The quantitative estimate of drug-likeness (QED) is 0.453. The summed E-state index contributed by atoms with van der Waals surface area (Å²) in [5.74, 6) is 2.84. The molecule has 118 valence electrons. The summed E-state index contributed by atoms with van der Waals surface area (Å²) in [6.45, 7) is 14.2. The van der Waals surface area contributed by atoms with E-state index < -0.39 is 0 Å². The van der Waals surface area contributed by atoms with Gasteiger partial charge in [0.2, 0.25) is 0 Å². The predicted molar refractivity (Wildman–Crippen MR) is 91.0 cm³/mol. The van der Waals surface area contributed by atoms with E-state index >= 15 is 0 Å². The van der Waals surface area contributed by atoms with Gasteiger partial charge in [-0.3, -0.25) is 0 Å². The van der Waals surface area contributed by atoms with E-state index in [2.05, 4.69) is 45.7 Å². The highest BCUT2D eigenvalue weighted by atomic mass is 14.9. The van der Waals surface area contributed by atoms with Crippen molar-refractivity contribution in [3.8, 4) is 0 Å². The molecular weight excluding hydrogens is 242 g/mol. The van der Waals surface area contributed by atoms with E-state index in [1.807, 2.05) is 0 Å². The molecule has 0 amide bonds. The molecule has 0 radical (unpaired) electrons. The van der Waals surface area contributed by atoms with Crippen molar-refractivity contribution in [2.75, 3.05) is 6.54 Å². The van der Waals surface area contributed by atoms with E-state index in [0.29, 0.717) is 0 Å². The van der Waals surface area contributed by atoms with E-state index in [0.717, 1.165) is 17.8 Å². The fourth-order valence-electron chi connectivity index (χ4n) is 3.68. The summed E-state index contributed by atoms with van der Waals surface area (Å²) in [5, 5.41) is 3.74. The van der Waals surface area contributed by atoms with Crippen molar-refractivity contribution in [2.24, 2.45) is 17.8 Å². The van der Waals surface area contributed by atoms with Crippen molar-refractivity contribution >= 4 is 0 Å². The molecule has 1 nitrogen and oxygen atoms in total. The number of nitrogens with one attached hydrogen (secondary N) is 1. The van der Waals surface area contributed by atoms with Gasteiger partial charge in [-0.1, -0.05) is 32.3 Å². The Bertz CT molecular complexity index is 263. The lowest BCUT2D eigenvalue weighted by atomic mass is 9.71. The van der Waals surface area contributed by atoms with Crippen molar-refractivity contribution in [1.82, 2.24) is 5.32 Å². The summed E-state index contributed by atoms with van der Waals surface area (Å²) in [6, 6.07) is 0. The first-order chi connectivity index (χ1) is 9.46. The van der Waals surface area contributed by atoms with Crippen LogP contribution in [0.5, 0.6) is 0 Å². The van der Waals surface area contributed by atoms with E-state index in [1.165, 1.54) is 57.9 Å². The summed E-state index contributed by atoms with van der Waals surface area (Å²) in [4.78, 5) is 0. The molecular formula is C19H37N. The monoisotopic (exact) mass is 279 g/mol. The Hall–Kier alpha value is -0.300. The zero-order valence-electron chi connectivity index (χ0n) is 14.4. The van der Waals surface area contributed by atoms with E-state index in [-0.39, 0.29) is 5.54 Å². The minimum Gasteiger partial charge on any atom is -0.312 e. The minimum absolute atomic E-state index is 0.256. The van der Waals surface area contributed by atoms with Crippen molar-refractivity contribution in [3.05, 3.63) is 12.7 Å². The van der Waals surface area contributed by atoms with E-state index in [1.54, 1.807) is 0 Å². The van der Waals surface area contributed by atoms with E-state index in [9.17, 15) is 0 Å². The lowest BCUT2D eigenvalue weighted by Crippen LogP contribution is -2.42. The molecule has 0 aromatic carbocycles. The Morgan fingerprint density at radius 1 is 1.15 bits per heavy atom. The fourth-order valence-corrected chi connectivity index (χ4v) is 3.68. The lowest BCUT2D eigenvalue weighted by molar-refractivity contribution is 0.150. The van der Waals surface area contributed by atoms with Gasteiger partial charge in [-0.2, -0.15) is 0 Å². The van der Waals surface area contributed by atoms with Crippen LogP contribution in [0, 0.1) is 17.8 Å². The maximum atomic E-state index is 3.86. The number of hydrogen-bond donors (Lipinski definition) is 1. The Morgan fingerprint density at radius 3 is 2.50 bits per heavy atom. The molecule has 0 saturated heterocycles. The normalized spacial score (nSPS) is 27.5. The van der Waals surface area contributed by atoms with Crippen molar-refractivity contribution in [1.29, 1.82) is 0 Å². The maximum Gasteiger partial charge on any atom is 0.00966 e. The largest absolute Gasteiger partial charge is 0.312 e. The van der Waals surface area contributed by atoms with Gasteiger partial charge >= 0.3 is 0 Å². The van der Waals surface area contributed by atoms with Gasteiger partial charge in [0, 0.05) is 5.54 Å². The van der Waals surface area contributed by atoms with Crippen LogP contribution in [0.3, 0.4) is 0 Å². The second-order valence-corrected chi connectivity index (χ2v) is 7.84. The smallest absolute Gasteiger partial charge is 0.00966 e. The highest BCUT2D eigenvalue weighted by Gasteiger charge is 2.30. The number of rotatable bonds is 8. The molecule has 1 aliphatic carbocycles. The molecule has 0 aromatic heterocycles. The van der Waals surface area contributed by atoms with Gasteiger partial charge in [0.25, 0.3) is 0 Å². The van der Waals surface area contributed by atoms with Gasteiger partial charge in [-0.15, -0.1) is 6.58 Å². The van der Waals surface area contributed by atoms with Crippen LogP contribution >= 0.6 is 0 Å². The molecule has 0 aliphatic heterocycles. The van der Waals surface area contributed by atoms with Crippen LogP contribution in [-0.2, 0) is 0 Å². The highest BCUT2D eigenvalue weighted by molar-refractivity contribution is 4.84. The second-order valence-electron chi connectivity index (χ2n) is 7.84. The first kappa shape index (κ1) is 17.8. The number of allylic oxidation sites excluding steroid dienone is 1. The molecule has 0 bridgehead atoms. The summed E-state index contributed by atoms with van der Waals surface area (Å²) < 4.78 is 0. The van der Waals surface area contributed by atoms with Crippen molar-refractivity contribution in [2.45, 2.75) is 84.6 Å². The molecule has 1 saturated carbocycles. The molecule has 3 unspecified atom stereocenters. The average Bonchev–Trinajstić information content (AvgIpc) is 2.37. The minimum atomic E-state index is 0.256. The standard InChI is InChI=1S/C19H37N/c1-6-8-9-11-17-14-16(10-7-2)12-13-18(17)15-20-19(3,4)5/h6,16-18,20H,1,7-15H2,2-5H3. The molecule has 20 heavy (non-hydrogen) atoms. The molecule has 1 N–H and O–H groups in total. The second kappa shape index (κ2) is 8.87. The summed E-state index contributed by atoms with van der Waals surface area (Å²) in [5.41, 5.74) is 0.256. The third-order valence-electron chi connectivity index (χ3n) is 4.82. The molecule has 1 aliphatic rings. The van der Waals surface area contributed by atoms with Gasteiger partial charge in [-0.05, 0) is 77.2 Å². The Labute approximate surface area is 127 Å². The number of hydrogen-bond acceptors (Lipinski definition) is 1. The molecule has 0 heterocycles. The average molecular weight is 280 g/mol. The molecule has 1 heteroatoms. The highest BCUT2D eigenvalue weighted by Crippen LogP contribution is 2.38. The third kappa shape index (κ3) is 6.92. The zero-order chi connectivity index (χ0) is 15.0. The summed E-state index contributed by atoms with van der Waals surface area (Å²) >= 11 is 0. The van der Waals surface area contributed by atoms with Gasteiger partial charge in [0.1, 0.15) is 0 Å². The molecule has 0 spiro atoms. The molecule has 0 aromatic rings. The molecule has 3 atom stereocenters. The first-order valence-electron chi connectivity index (χ1n) is 8.82. The molecule has 1 rings (SSSR count). The fraction of sp³-hybridized carbons (Fsp3) is 0.895. The van der Waals surface area contributed by atoms with Crippen LogP contribution in [0.15, 0.2) is 12.7 Å². The van der Waals surface area contributed by atoms with E-state index in [4.69, 9.17) is 0 Å². The first-order valence-corrected chi connectivity index (χ1v) is 8.82. The maximum absolute atomic E-state index is 3.86. The Balaban J connectivity index is 2.48. The van der Waals surface area contributed by atoms with Gasteiger partial charge in [-0.25, -0.2) is 0 Å².